The molecule has 0 fully saturated rings. The van der Waals surface area contributed by atoms with E-state index in [1.807, 2.05) is 0 Å². The molecule has 2 heteroatoms. The van der Waals surface area contributed by atoms with Gasteiger partial charge in [0, 0.05) is 50.4 Å². The molecule has 0 spiro atoms. The lowest BCUT2D eigenvalue weighted by Crippen LogP contribution is -2.26. The van der Waals surface area contributed by atoms with Gasteiger partial charge in [0.25, 0.3) is 0 Å². The van der Waals surface area contributed by atoms with Crippen LogP contribution in [-0.4, -0.2) is 0 Å². The number of fused-ring (bicyclic) bond motifs is 9. The van der Waals surface area contributed by atoms with Crippen LogP contribution in [0.15, 0.2) is 194 Å². The Morgan fingerprint density at radius 3 is 0.885 bits per heavy atom. The maximum absolute atomic E-state index is 2.73. The summed E-state index contributed by atoms with van der Waals surface area (Å²) in [5, 5.41) is 0. The van der Waals surface area contributed by atoms with Crippen molar-refractivity contribution in [3.05, 3.63) is 261 Å². The number of hydrogen-bond donors (Lipinski definition) is 0. The molecule has 0 bridgehead atoms. The molecule has 0 amide bonds. The Morgan fingerprint density at radius 2 is 0.508 bits per heavy atom. The third-order valence-corrected chi connectivity index (χ3v) is 30.0. The molecule has 10 aromatic carbocycles. The van der Waals surface area contributed by atoms with Crippen molar-refractivity contribution in [2.75, 3.05) is 9.80 Å². The third kappa shape index (κ3) is 20.7. The maximum atomic E-state index is 2.73. The van der Waals surface area contributed by atoms with E-state index in [0.29, 0.717) is 5.92 Å². The largest absolute Gasteiger partial charge is 0.310 e. The lowest BCUT2D eigenvalue weighted by atomic mass is 9.69. The second kappa shape index (κ2) is 44.6. The average Bonchev–Trinajstić information content (AvgIpc) is 1.55. The normalized spacial score (nSPS) is 13.9. The van der Waals surface area contributed by atoms with Gasteiger partial charge in [-0.1, -0.05) is 396 Å². The van der Waals surface area contributed by atoms with Crippen LogP contribution >= 0.6 is 0 Å². The monoisotopic (exact) mass is 1630 g/mol. The summed E-state index contributed by atoms with van der Waals surface area (Å²) in [6, 6.07) is 79.1. The highest BCUT2D eigenvalue weighted by Crippen LogP contribution is 2.61. The summed E-state index contributed by atoms with van der Waals surface area (Å²) < 4.78 is 0. The molecule has 3 aliphatic carbocycles. The Hall–Kier alpha value is -8.20. The SMILES string of the molecule is CCCCCCCCC1(CCCCCCCC)c2cc(-c3ccc(N(c4ccccc4)c4cc5c(cc4C)-c4cc(C)c(N(c6ccccc6)c6ccc(-c7cc8c(cc7C)-c7cc(C)c(C)cc7C8(CCCCCCCC)CCCCCCCC)cc6)cc4C5(CCCCCCCC)CCCCCCCC)cc3)ccc2-c2ccc(C(C)CC)cc21. The van der Waals surface area contributed by atoms with Crippen LogP contribution in [0.5, 0.6) is 0 Å². The van der Waals surface area contributed by atoms with Gasteiger partial charge < -0.3 is 9.80 Å². The van der Waals surface area contributed by atoms with Crippen molar-refractivity contribution in [1.82, 2.24) is 0 Å². The van der Waals surface area contributed by atoms with Gasteiger partial charge in [0.15, 0.2) is 0 Å². The molecule has 0 N–H and O–H groups in total. The highest BCUT2D eigenvalue weighted by molar-refractivity contribution is 5.93. The minimum Gasteiger partial charge on any atom is -0.310 e. The summed E-state index contributed by atoms with van der Waals surface area (Å²) in [6.07, 6.45) is 55.4. The Bertz CT molecular complexity index is 4880. The van der Waals surface area contributed by atoms with Gasteiger partial charge in [-0.05, 0) is 293 Å². The molecule has 1 unspecified atom stereocenters. The van der Waals surface area contributed by atoms with Crippen molar-refractivity contribution in [2.45, 2.75) is 388 Å². The van der Waals surface area contributed by atoms with Crippen molar-refractivity contribution in [3.8, 4) is 55.6 Å². The molecule has 122 heavy (non-hydrogen) atoms. The van der Waals surface area contributed by atoms with Gasteiger partial charge >= 0.3 is 0 Å². The molecule has 13 rings (SSSR count). The topological polar surface area (TPSA) is 6.48 Å². The number of unbranched alkanes of at least 4 members (excludes halogenated alkanes) is 30. The molecule has 0 saturated carbocycles. The Morgan fingerprint density at radius 1 is 0.221 bits per heavy atom. The molecule has 0 aromatic heterocycles. The van der Waals surface area contributed by atoms with Gasteiger partial charge in [0.1, 0.15) is 0 Å². The van der Waals surface area contributed by atoms with Crippen LogP contribution < -0.4 is 9.80 Å². The molecule has 1 atom stereocenters. The van der Waals surface area contributed by atoms with Gasteiger partial charge in [-0.15, -0.1) is 0 Å². The van der Waals surface area contributed by atoms with Crippen LogP contribution in [-0.2, 0) is 16.2 Å². The summed E-state index contributed by atoms with van der Waals surface area (Å²) >= 11 is 0. The average molecular weight is 1630 g/mol. The zero-order valence-electron chi connectivity index (χ0n) is 78.9. The van der Waals surface area contributed by atoms with Crippen LogP contribution in [0.2, 0.25) is 0 Å². The van der Waals surface area contributed by atoms with Crippen molar-refractivity contribution < 1.29 is 0 Å². The molecule has 2 nitrogen and oxygen atoms in total. The summed E-state index contributed by atoms with van der Waals surface area (Å²) in [7, 11) is 0. The quantitative estimate of drug-likeness (QED) is 0.0351. The molecular weight excluding hydrogens is 1470 g/mol. The van der Waals surface area contributed by atoms with Gasteiger partial charge in [-0.3, -0.25) is 0 Å². The number of para-hydroxylation sites is 2. The summed E-state index contributed by atoms with van der Waals surface area (Å²) in [6.45, 7) is 30.9. The zero-order chi connectivity index (χ0) is 85.4. The predicted octanol–water partition coefficient (Wildman–Crippen LogP) is 38.3. The Balaban J connectivity index is 0.897. The molecule has 0 radical (unpaired) electrons. The highest BCUT2D eigenvalue weighted by Gasteiger charge is 2.47. The first-order valence-electron chi connectivity index (χ1n) is 50.5. The van der Waals surface area contributed by atoms with E-state index in [4.69, 9.17) is 0 Å². The van der Waals surface area contributed by atoms with Crippen molar-refractivity contribution in [3.63, 3.8) is 0 Å². The first-order chi connectivity index (χ1) is 59.7. The highest BCUT2D eigenvalue weighted by atomic mass is 15.2. The number of nitrogens with zero attached hydrogens (tertiary/aromatic N) is 2. The number of anilines is 6. The van der Waals surface area contributed by atoms with Crippen LogP contribution in [0.4, 0.5) is 34.1 Å². The van der Waals surface area contributed by atoms with Gasteiger partial charge in [-0.25, -0.2) is 0 Å². The van der Waals surface area contributed by atoms with Crippen molar-refractivity contribution >= 4 is 34.1 Å². The van der Waals surface area contributed by atoms with E-state index in [1.165, 1.54) is 391 Å². The number of hydrogen-bond acceptors (Lipinski definition) is 2. The predicted molar refractivity (Wildman–Crippen MR) is 536 cm³/mol. The number of rotatable bonds is 52. The van der Waals surface area contributed by atoms with Gasteiger partial charge in [0.2, 0.25) is 0 Å². The van der Waals surface area contributed by atoms with E-state index in [2.05, 4.69) is 294 Å². The molecule has 10 aromatic rings. The van der Waals surface area contributed by atoms with Gasteiger partial charge in [0.05, 0.1) is 0 Å². The van der Waals surface area contributed by atoms with Crippen molar-refractivity contribution in [2.24, 2.45) is 0 Å². The minimum atomic E-state index is -0.201. The second-order valence-corrected chi connectivity index (χ2v) is 38.7. The molecule has 0 aliphatic heterocycles. The number of benzene rings is 10. The molecular formula is C120H158N2. The summed E-state index contributed by atoms with van der Waals surface area (Å²) in [5.41, 5.74) is 39.1. The fourth-order valence-corrected chi connectivity index (χ4v) is 22.5. The minimum absolute atomic E-state index is 0.00699. The van der Waals surface area contributed by atoms with Crippen LogP contribution in [0.3, 0.4) is 0 Å². The fourth-order valence-electron chi connectivity index (χ4n) is 22.5. The van der Waals surface area contributed by atoms with Crippen LogP contribution in [0.25, 0.3) is 55.6 Å². The van der Waals surface area contributed by atoms with Crippen molar-refractivity contribution in [1.29, 1.82) is 0 Å². The smallest absolute Gasteiger partial charge is 0.0494 e. The van der Waals surface area contributed by atoms with Gasteiger partial charge in [-0.2, -0.15) is 0 Å². The first kappa shape index (κ1) is 91.5. The molecule has 3 aliphatic rings. The van der Waals surface area contributed by atoms with Crippen LogP contribution in [0.1, 0.15) is 404 Å². The second-order valence-electron chi connectivity index (χ2n) is 38.7. The maximum Gasteiger partial charge on any atom is 0.0494 e. The van der Waals surface area contributed by atoms with E-state index in [9.17, 15) is 0 Å². The Labute approximate surface area is 743 Å². The zero-order valence-corrected chi connectivity index (χ0v) is 78.9. The fraction of sp³-hybridized carbons (Fsp3) is 0.500. The summed E-state index contributed by atoms with van der Waals surface area (Å²) in [5.74, 6) is 0.538. The summed E-state index contributed by atoms with van der Waals surface area (Å²) in [4.78, 5) is 5.24. The van der Waals surface area contributed by atoms with E-state index in [-0.39, 0.29) is 16.2 Å². The third-order valence-electron chi connectivity index (χ3n) is 30.0. The first-order valence-corrected chi connectivity index (χ1v) is 50.5. The van der Waals surface area contributed by atoms with E-state index >= 15 is 0 Å². The Kier molecular flexibility index (Phi) is 33.4. The molecule has 0 saturated heterocycles. The molecule has 0 heterocycles. The van der Waals surface area contributed by atoms with Crippen LogP contribution in [0, 0.1) is 34.6 Å². The number of aryl methyl sites for hydroxylation is 5. The lowest BCUT2D eigenvalue weighted by Gasteiger charge is -2.36. The van der Waals surface area contributed by atoms with E-state index < -0.39 is 0 Å². The molecule has 648 valence electrons. The lowest BCUT2D eigenvalue weighted by molar-refractivity contribution is 0.397. The standard InChI is InChI=1S/C120H158N2/c1-14-21-27-33-39-51-73-118(74-52-40-34-28-22-15-2)110-83-91(10)90(9)79-106(110)107-80-92(11)105(86-113(107)118)96-63-69-102(70-64-96)122(100-59-49-46-50-60-100)117-88-115-109(82-94(117)13)108-81-93(12)116(87-114(108)120(115,77-55-43-37-31-25-18-5)78-56-44-38-32-26-19-6)121(99-57-47-45-48-58-99)101-67-61-95(62-68-101)98-66-72-104-103-71-65-97(89(8)20-7)84-111(103)119(112(104)85-98,75-53-41-35-29-23-16-3)76-54-42-36-30-24-17-4/h45-50,57-72,79-89H,14-44,51-56,73-78H2,1-13H3. The van der Waals surface area contributed by atoms with E-state index in [1.54, 1.807) is 22.3 Å². The van der Waals surface area contributed by atoms with E-state index in [0.717, 1.165) is 19.3 Å².